The Kier molecular flexibility index (Phi) is 5.76. The van der Waals surface area contributed by atoms with Crippen molar-refractivity contribution < 1.29 is 14.4 Å². The quantitative estimate of drug-likeness (QED) is 0.375. The van der Waals surface area contributed by atoms with Crippen LogP contribution >= 0.6 is 15.9 Å². The van der Waals surface area contributed by atoms with Crippen LogP contribution in [0.5, 0.6) is 5.75 Å². The van der Waals surface area contributed by atoms with Gasteiger partial charge in [0.05, 0.1) is 0 Å². The van der Waals surface area contributed by atoms with E-state index < -0.39 is 12.1 Å². The highest BCUT2D eigenvalue weighted by molar-refractivity contribution is 9.10. The van der Waals surface area contributed by atoms with Gasteiger partial charge in [-0.25, -0.2) is 4.79 Å². The molecule has 0 spiro atoms. The largest absolute Gasteiger partial charge is 0.479 e. The summed E-state index contributed by atoms with van der Waals surface area (Å²) in [6.07, 6.45) is -0.792. The normalized spacial score (nSPS) is 12.6. The molecule has 2 aromatic rings. The molecule has 0 saturated carbocycles. The van der Waals surface area contributed by atoms with E-state index >= 15 is 0 Å². The van der Waals surface area contributed by atoms with Gasteiger partial charge in [-0.2, -0.15) is 0 Å². The van der Waals surface area contributed by atoms with Crippen molar-refractivity contribution in [1.29, 1.82) is 0 Å². The Hall–Kier alpha value is -2.34. The van der Waals surface area contributed by atoms with E-state index in [0.717, 1.165) is 10.0 Å². The molecule has 0 aliphatic heterocycles. The second-order valence-electron chi connectivity index (χ2n) is 4.97. The maximum Gasteiger partial charge on any atom is 0.374 e. The lowest BCUT2D eigenvalue weighted by Gasteiger charge is -2.12. The second-order valence-corrected chi connectivity index (χ2v) is 5.88. The van der Waals surface area contributed by atoms with Crippen molar-refractivity contribution in [3.05, 3.63) is 64.1 Å². The zero-order chi connectivity index (χ0) is 16.8. The van der Waals surface area contributed by atoms with E-state index in [-0.39, 0.29) is 5.84 Å². The molecule has 23 heavy (non-hydrogen) atoms. The minimum Gasteiger partial charge on any atom is -0.479 e. The summed E-state index contributed by atoms with van der Waals surface area (Å²) in [4.78, 5) is 16.7. The summed E-state index contributed by atoms with van der Waals surface area (Å²) in [5.41, 5.74) is 7.55. The number of oxime groups is 1. The highest BCUT2D eigenvalue weighted by Gasteiger charge is 2.17. The van der Waals surface area contributed by atoms with Gasteiger partial charge in [-0.3, -0.25) is 0 Å². The van der Waals surface area contributed by atoms with Gasteiger partial charge in [-0.05, 0) is 38.1 Å². The van der Waals surface area contributed by atoms with Gasteiger partial charge in [0, 0.05) is 10.0 Å². The Morgan fingerprint density at radius 3 is 2.35 bits per heavy atom. The van der Waals surface area contributed by atoms with Gasteiger partial charge in [0.25, 0.3) is 0 Å². The number of hydrogen-bond donors (Lipinski definition) is 1. The lowest BCUT2D eigenvalue weighted by atomic mass is 10.2. The number of aryl methyl sites for hydroxylation is 1. The predicted octanol–water partition coefficient (Wildman–Crippen LogP) is 3.39. The molecule has 120 valence electrons. The van der Waals surface area contributed by atoms with Crippen LogP contribution in [0.1, 0.15) is 18.1 Å². The van der Waals surface area contributed by atoms with E-state index in [0.29, 0.717) is 11.3 Å². The summed E-state index contributed by atoms with van der Waals surface area (Å²) in [5, 5.41) is 3.65. The minimum absolute atomic E-state index is 0.119. The maximum absolute atomic E-state index is 11.9. The number of nitrogens with zero attached hydrogens (tertiary/aromatic N) is 1. The van der Waals surface area contributed by atoms with E-state index in [9.17, 15) is 4.79 Å². The lowest BCUT2D eigenvalue weighted by Crippen LogP contribution is -2.26. The molecule has 5 nitrogen and oxygen atoms in total. The fourth-order valence-electron chi connectivity index (χ4n) is 1.71. The molecule has 0 saturated heterocycles. The van der Waals surface area contributed by atoms with E-state index in [1.807, 2.05) is 31.2 Å². The van der Waals surface area contributed by atoms with Crippen molar-refractivity contribution in [2.75, 3.05) is 0 Å². The Morgan fingerprint density at radius 1 is 1.13 bits per heavy atom. The first-order valence-electron chi connectivity index (χ1n) is 6.99. The van der Waals surface area contributed by atoms with Crippen LogP contribution in [0, 0.1) is 6.92 Å². The average Bonchev–Trinajstić information content (AvgIpc) is 2.55. The maximum atomic E-state index is 11.9. The van der Waals surface area contributed by atoms with Crippen molar-refractivity contribution in [2.24, 2.45) is 10.9 Å². The third-order valence-corrected chi connectivity index (χ3v) is 3.57. The molecule has 0 aliphatic rings. The first-order chi connectivity index (χ1) is 11.0. The molecule has 0 bridgehead atoms. The topological polar surface area (TPSA) is 73.9 Å². The summed E-state index contributed by atoms with van der Waals surface area (Å²) in [5.74, 6) is 0.0870. The smallest absolute Gasteiger partial charge is 0.374 e. The zero-order valence-electron chi connectivity index (χ0n) is 12.8. The molecule has 2 rings (SSSR count). The van der Waals surface area contributed by atoms with Crippen molar-refractivity contribution >= 4 is 27.7 Å². The van der Waals surface area contributed by atoms with Crippen LogP contribution in [-0.2, 0) is 9.63 Å². The van der Waals surface area contributed by atoms with Gasteiger partial charge in [0.15, 0.2) is 11.9 Å². The van der Waals surface area contributed by atoms with Crippen LogP contribution in [0.4, 0.5) is 0 Å². The monoisotopic (exact) mass is 376 g/mol. The van der Waals surface area contributed by atoms with Gasteiger partial charge in [-0.1, -0.05) is 50.9 Å². The predicted molar refractivity (Wildman–Crippen MR) is 92.2 cm³/mol. The molecule has 0 fully saturated rings. The molecule has 2 N–H and O–H groups in total. The van der Waals surface area contributed by atoms with Crippen LogP contribution in [-0.4, -0.2) is 17.9 Å². The second kappa shape index (κ2) is 7.78. The molecule has 0 heterocycles. The number of nitrogens with two attached hydrogens (primary N) is 1. The fraction of sp³-hybridized carbons (Fsp3) is 0.176. The average molecular weight is 377 g/mol. The van der Waals surface area contributed by atoms with E-state index in [1.54, 1.807) is 31.2 Å². The van der Waals surface area contributed by atoms with Crippen molar-refractivity contribution in [3.8, 4) is 5.75 Å². The van der Waals surface area contributed by atoms with Crippen LogP contribution in [0.2, 0.25) is 0 Å². The molecule has 1 unspecified atom stereocenters. The van der Waals surface area contributed by atoms with Crippen molar-refractivity contribution in [2.45, 2.75) is 20.0 Å². The number of rotatable bonds is 5. The number of carbonyl (C=O) groups is 1. The molecule has 0 aromatic heterocycles. The molecule has 6 heteroatoms. The molecular weight excluding hydrogens is 360 g/mol. The summed E-state index contributed by atoms with van der Waals surface area (Å²) >= 11 is 3.33. The molecule has 0 amide bonds. The molecular formula is C17H17BrN2O3. The summed E-state index contributed by atoms with van der Waals surface area (Å²) < 4.78 is 6.42. The summed E-state index contributed by atoms with van der Waals surface area (Å²) in [6, 6.07) is 14.6. The first kappa shape index (κ1) is 17.0. The molecule has 1 atom stereocenters. The van der Waals surface area contributed by atoms with E-state index in [4.69, 9.17) is 15.3 Å². The molecule has 0 radical (unpaired) electrons. The summed E-state index contributed by atoms with van der Waals surface area (Å²) in [6.45, 7) is 3.56. The lowest BCUT2D eigenvalue weighted by molar-refractivity contribution is -0.151. The Labute approximate surface area is 143 Å². The van der Waals surface area contributed by atoms with Gasteiger partial charge in [0.1, 0.15) is 5.75 Å². The molecule has 2 aromatic carbocycles. The number of carbonyl (C=O) groups excluding carboxylic acids is 1. The fourth-order valence-corrected chi connectivity index (χ4v) is 1.98. The molecule has 0 aliphatic carbocycles. The number of amidine groups is 1. The Balaban J connectivity index is 1.93. The van der Waals surface area contributed by atoms with E-state index in [1.165, 1.54) is 0 Å². The van der Waals surface area contributed by atoms with Crippen molar-refractivity contribution in [3.63, 3.8) is 0 Å². The Bertz CT molecular complexity index is 697. The van der Waals surface area contributed by atoms with Gasteiger partial charge in [-0.15, -0.1) is 0 Å². The minimum atomic E-state index is -0.792. The first-order valence-corrected chi connectivity index (χ1v) is 7.78. The van der Waals surface area contributed by atoms with E-state index in [2.05, 4.69) is 21.1 Å². The number of benzene rings is 2. The zero-order valence-corrected chi connectivity index (χ0v) is 14.4. The Morgan fingerprint density at radius 2 is 1.74 bits per heavy atom. The third kappa shape index (κ3) is 5.10. The highest BCUT2D eigenvalue weighted by atomic mass is 79.9. The van der Waals surface area contributed by atoms with Crippen molar-refractivity contribution in [1.82, 2.24) is 0 Å². The van der Waals surface area contributed by atoms with Gasteiger partial charge in [0.2, 0.25) is 0 Å². The number of hydrogen-bond acceptors (Lipinski definition) is 4. The van der Waals surface area contributed by atoms with Crippen LogP contribution in [0.25, 0.3) is 0 Å². The summed E-state index contributed by atoms with van der Waals surface area (Å²) in [7, 11) is 0. The SMILES string of the molecule is Cc1ccc(OC(C)C(=O)ON=C(N)c2ccc(Br)cc2)cc1. The van der Waals surface area contributed by atoms with Gasteiger partial charge < -0.3 is 15.3 Å². The number of halogens is 1. The van der Waals surface area contributed by atoms with Gasteiger partial charge >= 0.3 is 5.97 Å². The van der Waals surface area contributed by atoms with Crippen LogP contribution in [0.3, 0.4) is 0 Å². The number of ether oxygens (including phenoxy) is 1. The van der Waals surface area contributed by atoms with Crippen LogP contribution in [0.15, 0.2) is 58.2 Å². The third-order valence-electron chi connectivity index (χ3n) is 3.04. The highest BCUT2D eigenvalue weighted by Crippen LogP contribution is 2.14. The standard InChI is InChI=1S/C17H17BrN2O3/c1-11-3-9-15(10-4-11)22-12(2)17(21)23-20-16(19)13-5-7-14(18)8-6-13/h3-10,12H,1-2H3,(H2,19,20). The van der Waals surface area contributed by atoms with Crippen LogP contribution < -0.4 is 10.5 Å².